The molecule has 0 saturated heterocycles. The topological polar surface area (TPSA) is 34.1 Å². The molecule has 0 saturated carbocycles. The monoisotopic (exact) mass is 156 g/mol. The molecule has 0 atom stereocenters. The van der Waals surface area contributed by atoms with E-state index in [1.54, 1.807) is 13.2 Å². The van der Waals surface area contributed by atoms with Crippen LogP contribution in [0.5, 0.6) is 0 Å². The Hall–Kier alpha value is -0.141. The molecule has 3 heteroatoms. The van der Waals surface area contributed by atoms with Gasteiger partial charge in [0, 0.05) is 0 Å². The van der Waals surface area contributed by atoms with E-state index in [9.17, 15) is 0 Å². The molecule has 0 amide bonds. The molecule has 0 N–H and O–H groups in total. The summed E-state index contributed by atoms with van der Waals surface area (Å²) in [5.41, 5.74) is 0. The van der Waals surface area contributed by atoms with E-state index in [0.29, 0.717) is 6.42 Å². The van der Waals surface area contributed by atoms with Crippen molar-refractivity contribution in [2.45, 2.75) is 20.3 Å². The van der Waals surface area contributed by atoms with Crippen LogP contribution < -0.4 is 0 Å². The summed E-state index contributed by atoms with van der Waals surface area (Å²) in [6.07, 6.45) is 3.69. The predicted octanol–water partition coefficient (Wildman–Crippen LogP) is 0.620. The van der Waals surface area contributed by atoms with E-state index in [2.05, 4.69) is 0 Å². The van der Waals surface area contributed by atoms with Crippen LogP contribution in [0.1, 0.15) is 20.3 Å². The van der Waals surface area contributed by atoms with E-state index >= 15 is 0 Å². The van der Waals surface area contributed by atoms with E-state index in [1.807, 2.05) is 0 Å². The molecule has 0 heterocycles. The van der Waals surface area contributed by atoms with Crippen LogP contribution in [-0.2, 0) is 26.7 Å². The molecule has 0 aromatic rings. The summed E-state index contributed by atoms with van der Waals surface area (Å²) in [5, 5.41) is 0. The summed E-state index contributed by atoms with van der Waals surface area (Å²) in [7, 11) is 0. The summed E-state index contributed by atoms with van der Waals surface area (Å²) in [5.74, 6) is 0. The van der Waals surface area contributed by atoms with Gasteiger partial charge in [-0.1, -0.05) is 6.92 Å². The average Bonchev–Trinajstić information content (AvgIpc) is 1.69. The van der Waals surface area contributed by atoms with Gasteiger partial charge in [0.1, 0.15) is 0 Å². The molecular formula is C5H8FeO2. The molecular weight excluding hydrogens is 148 g/mol. The molecule has 0 aliphatic heterocycles. The second kappa shape index (κ2) is 28.8. The third-order valence-electron chi connectivity index (χ3n) is 0.144. The third kappa shape index (κ3) is 187. The van der Waals surface area contributed by atoms with Crippen molar-refractivity contribution in [3.8, 4) is 0 Å². The van der Waals surface area contributed by atoms with Crippen LogP contribution in [0.15, 0.2) is 0 Å². The van der Waals surface area contributed by atoms with E-state index in [1.165, 1.54) is 13.2 Å². The Morgan fingerprint density at radius 2 is 1.50 bits per heavy atom. The minimum atomic E-state index is 0. The van der Waals surface area contributed by atoms with Gasteiger partial charge in [0.05, 0.1) is 0 Å². The van der Waals surface area contributed by atoms with E-state index < -0.39 is 0 Å². The van der Waals surface area contributed by atoms with E-state index in [0.717, 1.165) is 0 Å². The number of hydrogen-bond acceptors (Lipinski definition) is 2. The zero-order valence-corrected chi connectivity index (χ0v) is 5.98. The molecule has 0 aromatic heterocycles. The van der Waals surface area contributed by atoms with Crippen LogP contribution in [0.3, 0.4) is 0 Å². The van der Waals surface area contributed by atoms with Crippen molar-refractivity contribution in [1.29, 1.82) is 0 Å². The third-order valence-corrected chi connectivity index (χ3v) is 0.144. The molecule has 0 rings (SSSR count). The first-order valence-electron chi connectivity index (χ1n) is 1.97. The first kappa shape index (κ1) is 15.7. The SMILES string of the molecule is CC[C-]=O.C[C-]=O.[Fe+2]. The molecule has 0 fully saturated rings. The van der Waals surface area contributed by atoms with Gasteiger partial charge >= 0.3 is 17.1 Å². The van der Waals surface area contributed by atoms with Crippen molar-refractivity contribution >= 4 is 12.6 Å². The van der Waals surface area contributed by atoms with Crippen LogP contribution in [0.4, 0.5) is 0 Å². The van der Waals surface area contributed by atoms with Gasteiger partial charge in [-0.3, -0.25) is 12.6 Å². The number of carbonyl (C=O) groups excluding carboxylic acids is 2. The predicted molar refractivity (Wildman–Crippen MR) is 27.4 cm³/mol. The molecule has 0 aliphatic carbocycles. The van der Waals surface area contributed by atoms with Gasteiger partial charge in [0.25, 0.3) is 0 Å². The van der Waals surface area contributed by atoms with Gasteiger partial charge in [-0.2, -0.15) is 13.3 Å². The van der Waals surface area contributed by atoms with Crippen molar-refractivity contribution in [2.24, 2.45) is 0 Å². The van der Waals surface area contributed by atoms with Crippen LogP contribution >= 0.6 is 0 Å². The Bertz CT molecular complexity index is 45.7. The first-order chi connectivity index (χ1) is 3.33. The molecule has 0 spiro atoms. The number of hydrogen-bond donors (Lipinski definition) is 0. The Morgan fingerprint density at radius 1 is 1.38 bits per heavy atom. The van der Waals surface area contributed by atoms with Crippen LogP contribution in [0.2, 0.25) is 0 Å². The van der Waals surface area contributed by atoms with E-state index in [4.69, 9.17) is 9.59 Å². The maximum Gasteiger partial charge on any atom is 2.00 e. The first-order valence-corrected chi connectivity index (χ1v) is 1.97. The maximum absolute atomic E-state index is 9.05. The van der Waals surface area contributed by atoms with Crippen molar-refractivity contribution < 1.29 is 26.7 Å². The Morgan fingerprint density at radius 3 is 1.50 bits per heavy atom. The van der Waals surface area contributed by atoms with Crippen LogP contribution in [-0.4, -0.2) is 12.6 Å². The maximum atomic E-state index is 9.05. The van der Waals surface area contributed by atoms with Crippen molar-refractivity contribution in [3.63, 3.8) is 0 Å². The second-order valence-corrected chi connectivity index (χ2v) is 0.702. The fourth-order valence-corrected chi connectivity index (χ4v) is 0. The summed E-state index contributed by atoms with van der Waals surface area (Å²) in [6, 6.07) is 0. The van der Waals surface area contributed by atoms with Gasteiger partial charge in [-0.25, -0.2) is 0 Å². The standard InChI is InChI=1S/C3H5O.C2H3O.Fe/c1-2-3-4;1-2-3;/h2H2,1H3;1H3;/q2*-1;+2. The largest absolute Gasteiger partial charge is 2.00 e. The van der Waals surface area contributed by atoms with Gasteiger partial charge in [0.2, 0.25) is 0 Å². The zero-order chi connectivity index (χ0) is 6.12. The molecule has 0 aromatic carbocycles. The quantitative estimate of drug-likeness (QED) is 0.411. The van der Waals surface area contributed by atoms with Gasteiger partial charge in [-0.05, 0) is 0 Å². The molecule has 8 heavy (non-hydrogen) atoms. The van der Waals surface area contributed by atoms with E-state index in [-0.39, 0.29) is 17.1 Å². The van der Waals surface area contributed by atoms with Crippen LogP contribution in [0, 0.1) is 0 Å². The molecule has 0 unspecified atom stereocenters. The van der Waals surface area contributed by atoms with Crippen molar-refractivity contribution in [3.05, 3.63) is 0 Å². The van der Waals surface area contributed by atoms with Gasteiger partial charge < -0.3 is 9.59 Å². The summed E-state index contributed by atoms with van der Waals surface area (Å²) >= 11 is 0. The summed E-state index contributed by atoms with van der Waals surface area (Å²) in [4.78, 5) is 17.7. The van der Waals surface area contributed by atoms with Crippen molar-refractivity contribution in [2.75, 3.05) is 0 Å². The normalized spacial score (nSPS) is 4.75. The fourth-order valence-electron chi connectivity index (χ4n) is 0. The summed E-state index contributed by atoms with van der Waals surface area (Å²) < 4.78 is 0. The number of rotatable bonds is 1. The second-order valence-electron chi connectivity index (χ2n) is 0.702. The zero-order valence-electron chi connectivity index (χ0n) is 4.88. The minimum Gasteiger partial charge on any atom is -0.542 e. The molecule has 2 nitrogen and oxygen atoms in total. The molecule has 0 bridgehead atoms. The minimum absolute atomic E-state index is 0. The summed E-state index contributed by atoms with van der Waals surface area (Å²) in [6.45, 7) is 3.08. The fraction of sp³-hybridized carbons (Fsp3) is 0.600. The molecule has 0 radical (unpaired) electrons. The molecule has 0 aliphatic rings. The van der Waals surface area contributed by atoms with Crippen LogP contribution in [0.25, 0.3) is 0 Å². The molecule has 48 valence electrons. The van der Waals surface area contributed by atoms with Gasteiger partial charge in [-0.15, -0.1) is 0 Å². The Balaban J connectivity index is -0.0000000575. The average molecular weight is 156 g/mol. The van der Waals surface area contributed by atoms with Crippen molar-refractivity contribution in [1.82, 2.24) is 0 Å². The van der Waals surface area contributed by atoms with Gasteiger partial charge in [0.15, 0.2) is 0 Å². The Kier molecular flexibility index (Phi) is 56.4. The Labute approximate surface area is 60.1 Å². The smallest absolute Gasteiger partial charge is 0.542 e.